The molecule has 3 aromatic carbocycles. The standard InChI is InChI=1S/C29H25N2O.C19H26GeN.Ir/c1-3-7-20(8-4-1)17-21-15-16-30-27(18-21)23-11-14-28-25(19-23)24-12-13-26(31-29(24)32-28)22-9-5-2-6-10-22;1-6-15(2)12-17-13-19(16-10-8-7-9-11-16)21-14-18(17)20(3,4)5;/h2,5-6,9-10,12-16,18-20H,1,3-4,7-8,17H2;7-10,13-15H,6,12H2,1-5H3;/q2*-1;. The van der Waals surface area contributed by atoms with Crippen LogP contribution in [0.4, 0.5) is 0 Å². The van der Waals surface area contributed by atoms with E-state index in [-0.39, 0.29) is 20.1 Å². The molecule has 0 amide bonds. The summed E-state index contributed by atoms with van der Waals surface area (Å²) in [6.45, 7) is 4.62. The second-order valence-corrected chi connectivity index (χ2v) is 26.4. The Morgan fingerprint density at radius 3 is 2.31 bits per heavy atom. The number of hydrogen-bond acceptors (Lipinski definition) is 4. The number of nitrogens with zero attached hydrogens (tertiary/aromatic N) is 3. The van der Waals surface area contributed by atoms with E-state index < -0.39 is 13.3 Å². The first kappa shape index (κ1) is 39.8. The molecule has 7 aromatic rings. The number of rotatable bonds is 9. The molecule has 4 aromatic heterocycles. The quantitative estimate of drug-likeness (QED) is 0.107. The van der Waals surface area contributed by atoms with Gasteiger partial charge in [0.15, 0.2) is 0 Å². The molecular weight excluding hydrogens is 899 g/mol. The summed E-state index contributed by atoms with van der Waals surface area (Å²) in [6, 6.07) is 39.9. The second-order valence-electron chi connectivity index (χ2n) is 15.9. The zero-order valence-corrected chi connectivity index (χ0v) is 36.8. The maximum Gasteiger partial charge on any atom is 0.216 e. The third kappa shape index (κ3) is 9.66. The molecule has 1 radical (unpaired) electrons. The molecule has 6 heteroatoms. The van der Waals surface area contributed by atoms with Gasteiger partial charge in [0, 0.05) is 37.3 Å². The average molecular weight is 951 g/mol. The van der Waals surface area contributed by atoms with Crippen LogP contribution in [0.3, 0.4) is 0 Å². The Labute approximate surface area is 338 Å². The third-order valence-corrected chi connectivity index (χ3v) is 15.1. The minimum Gasteiger partial charge on any atom is -0.486 e. The van der Waals surface area contributed by atoms with E-state index in [9.17, 15) is 0 Å². The Kier molecular flexibility index (Phi) is 13.4. The molecule has 1 aliphatic carbocycles. The van der Waals surface area contributed by atoms with Crippen LogP contribution in [0.5, 0.6) is 0 Å². The van der Waals surface area contributed by atoms with Crippen molar-refractivity contribution in [2.24, 2.45) is 11.8 Å². The molecule has 0 saturated heterocycles. The van der Waals surface area contributed by atoms with Crippen LogP contribution in [0.25, 0.3) is 55.8 Å². The van der Waals surface area contributed by atoms with E-state index in [2.05, 4.69) is 115 Å². The van der Waals surface area contributed by atoms with E-state index in [0.29, 0.717) is 5.71 Å². The van der Waals surface area contributed by atoms with E-state index >= 15 is 0 Å². The largest absolute Gasteiger partial charge is 0.486 e. The summed E-state index contributed by atoms with van der Waals surface area (Å²) >= 11 is -1.87. The number of benzene rings is 3. The fourth-order valence-electron chi connectivity index (χ4n) is 7.55. The number of fused-ring (bicyclic) bond motifs is 3. The van der Waals surface area contributed by atoms with Gasteiger partial charge in [-0.2, -0.15) is 0 Å². The van der Waals surface area contributed by atoms with E-state index in [0.717, 1.165) is 74.8 Å². The molecule has 1 fully saturated rings. The van der Waals surface area contributed by atoms with Gasteiger partial charge in [-0.15, -0.1) is 23.8 Å². The molecule has 8 rings (SSSR count). The van der Waals surface area contributed by atoms with Crippen LogP contribution >= 0.6 is 0 Å². The number of furan rings is 1. The van der Waals surface area contributed by atoms with Gasteiger partial charge >= 0.3 is 132 Å². The zero-order valence-electron chi connectivity index (χ0n) is 32.3. The van der Waals surface area contributed by atoms with E-state index in [1.807, 2.05) is 42.6 Å². The van der Waals surface area contributed by atoms with Crippen molar-refractivity contribution < 1.29 is 24.5 Å². The van der Waals surface area contributed by atoms with E-state index in [4.69, 9.17) is 14.4 Å². The van der Waals surface area contributed by atoms with Crippen LogP contribution < -0.4 is 4.40 Å². The Morgan fingerprint density at radius 2 is 1.57 bits per heavy atom. The summed E-state index contributed by atoms with van der Waals surface area (Å²) < 4.78 is 7.62. The fraction of sp³-hybridized carbons (Fsp3) is 0.312. The van der Waals surface area contributed by atoms with Crippen molar-refractivity contribution in [3.63, 3.8) is 0 Å². The molecule has 54 heavy (non-hydrogen) atoms. The number of hydrogen-bond donors (Lipinski definition) is 0. The third-order valence-electron chi connectivity index (χ3n) is 10.7. The van der Waals surface area contributed by atoms with Crippen molar-refractivity contribution in [2.75, 3.05) is 0 Å². The molecule has 1 aliphatic rings. The van der Waals surface area contributed by atoms with Crippen molar-refractivity contribution >= 4 is 39.7 Å². The summed E-state index contributed by atoms with van der Waals surface area (Å²) in [5.74, 6) is 8.89. The molecule has 4 heterocycles. The van der Waals surface area contributed by atoms with E-state index in [1.54, 1.807) is 4.40 Å². The molecule has 1 atom stereocenters. The molecule has 0 N–H and O–H groups in total. The van der Waals surface area contributed by atoms with Gasteiger partial charge in [-0.1, -0.05) is 79.5 Å². The number of pyridine rings is 3. The summed E-state index contributed by atoms with van der Waals surface area (Å²) in [7, 11) is 0. The Morgan fingerprint density at radius 1 is 0.796 bits per heavy atom. The first-order chi connectivity index (χ1) is 25.7. The van der Waals surface area contributed by atoms with Crippen LogP contribution in [-0.4, -0.2) is 28.2 Å². The predicted octanol–water partition coefficient (Wildman–Crippen LogP) is 12.3. The topological polar surface area (TPSA) is 51.8 Å². The van der Waals surface area contributed by atoms with Crippen molar-refractivity contribution in [1.82, 2.24) is 15.0 Å². The molecule has 0 aliphatic heterocycles. The van der Waals surface area contributed by atoms with Gasteiger partial charge in [0.1, 0.15) is 0 Å². The molecular formula is C48H51GeIrN3O-2. The Balaban J connectivity index is 0.000000198. The smallest absolute Gasteiger partial charge is 0.216 e. The second kappa shape index (κ2) is 18.2. The molecule has 1 saturated carbocycles. The van der Waals surface area contributed by atoms with Gasteiger partial charge in [0.2, 0.25) is 5.71 Å². The zero-order chi connectivity index (χ0) is 36.8. The number of aromatic nitrogens is 3. The monoisotopic (exact) mass is 952 g/mol. The van der Waals surface area contributed by atoms with Gasteiger partial charge in [-0.05, 0) is 36.2 Å². The molecule has 1 unspecified atom stereocenters. The fourth-order valence-corrected chi connectivity index (χ4v) is 10.9. The maximum absolute atomic E-state index is 6.07. The van der Waals surface area contributed by atoms with Crippen molar-refractivity contribution in [3.8, 4) is 33.8 Å². The van der Waals surface area contributed by atoms with Gasteiger partial charge < -0.3 is 9.40 Å². The summed E-state index contributed by atoms with van der Waals surface area (Å²) in [5, 5.41) is 2.08. The van der Waals surface area contributed by atoms with Crippen molar-refractivity contribution in [1.29, 1.82) is 0 Å². The normalized spacial score (nSPS) is 13.9. The van der Waals surface area contributed by atoms with Gasteiger partial charge in [-0.3, -0.25) is 0 Å². The Bertz CT molecular complexity index is 2270. The SMILES string of the molecule is CCC(C)Cc1cc(-c2[c-]cccc2)nc[c]1[Ge]([CH3])([CH3])[CH3].[Ir].[c-]1cc2oc3nc(-c4ccccc4)ccc3c2cc1-c1cc(CC2CCCCC2)ccn1. The van der Waals surface area contributed by atoms with Crippen LogP contribution in [0, 0.1) is 24.0 Å². The minimum atomic E-state index is -1.87. The van der Waals surface area contributed by atoms with Crippen molar-refractivity contribution in [2.45, 2.75) is 82.5 Å². The summed E-state index contributed by atoms with van der Waals surface area (Å²) in [5.41, 5.74) is 10.5. The van der Waals surface area contributed by atoms with Gasteiger partial charge in [-0.25, -0.2) is 4.98 Å². The first-order valence-corrected chi connectivity index (χ1v) is 26.8. The van der Waals surface area contributed by atoms with Crippen LogP contribution in [0.1, 0.15) is 63.5 Å². The van der Waals surface area contributed by atoms with Crippen molar-refractivity contribution in [3.05, 3.63) is 133 Å². The van der Waals surface area contributed by atoms with Crippen LogP contribution in [0.2, 0.25) is 17.3 Å². The van der Waals surface area contributed by atoms with Crippen LogP contribution in [0.15, 0.2) is 114 Å². The van der Waals surface area contributed by atoms with Gasteiger partial charge in [0.25, 0.3) is 0 Å². The molecule has 279 valence electrons. The molecule has 4 nitrogen and oxygen atoms in total. The maximum atomic E-state index is 6.07. The average Bonchev–Trinajstić information content (AvgIpc) is 3.56. The molecule has 0 spiro atoms. The molecule has 0 bridgehead atoms. The van der Waals surface area contributed by atoms with Crippen LogP contribution in [-0.2, 0) is 32.9 Å². The summed E-state index contributed by atoms with van der Waals surface area (Å²) in [4.78, 5) is 14.1. The Hall–Kier alpha value is -3.90. The minimum absolute atomic E-state index is 0. The first-order valence-electron chi connectivity index (χ1n) is 19.5. The van der Waals surface area contributed by atoms with Gasteiger partial charge in [0.05, 0.1) is 11.3 Å². The predicted molar refractivity (Wildman–Crippen MR) is 224 cm³/mol. The summed E-state index contributed by atoms with van der Waals surface area (Å²) in [6.07, 6.45) is 14.5. The van der Waals surface area contributed by atoms with E-state index in [1.165, 1.54) is 49.7 Å².